The van der Waals surface area contributed by atoms with E-state index in [2.05, 4.69) is 10.3 Å². The summed E-state index contributed by atoms with van der Waals surface area (Å²) in [6.07, 6.45) is 4.74. The molecule has 0 bridgehead atoms. The van der Waals surface area contributed by atoms with Gasteiger partial charge in [-0.2, -0.15) is 4.31 Å². The van der Waals surface area contributed by atoms with Crippen LogP contribution >= 0.6 is 0 Å². The molecule has 0 radical (unpaired) electrons. The molecule has 3 aromatic rings. The van der Waals surface area contributed by atoms with E-state index in [0.717, 1.165) is 11.2 Å². The van der Waals surface area contributed by atoms with Gasteiger partial charge in [0.2, 0.25) is 10.0 Å². The van der Waals surface area contributed by atoms with Crippen molar-refractivity contribution in [2.45, 2.75) is 43.9 Å². The molecular formula is C25H29N5O5S. The van der Waals surface area contributed by atoms with Gasteiger partial charge in [-0.15, -0.1) is 0 Å². The lowest BCUT2D eigenvalue weighted by atomic mass is 9.93. The van der Waals surface area contributed by atoms with Crippen molar-refractivity contribution in [3.63, 3.8) is 0 Å². The summed E-state index contributed by atoms with van der Waals surface area (Å²) in [5.74, 6) is -0.118. The molecule has 4 heterocycles. The summed E-state index contributed by atoms with van der Waals surface area (Å²) < 4.78 is 35.1. The minimum Gasteiger partial charge on any atom is -0.444 e. The van der Waals surface area contributed by atoms with Crippen LogP contribution in [-0.4, -0.2) is 70.3 Å². The van der Waals surface area contributed by atoms with Gasteiger partial charge in [-0.1, -0.05) is 12.1 Å². The minimum atomic E-state index is -3.70. The van der Waals surface area contributed by atoms with Crippen molar-refractivity contribution in [2.24, 2.45) is 5.92 Å². The first-order valence-corrected chi connectivity index (χ1v) is 13.2. The summed E-state index contributed by atoms with van der Waals surface area (Å²) in [5, 5.41) is 2.85. The van der Waals surface area contributed by atoms with Crippen LogP contribution in [0.15, 0.2) is 59.9 Å². The monoisotopic (exact) mass is 511 g/mol. The second-order valence-corrected chi connectivity index (χ2v) is 12.2. The maximum absolute atomic E-state index is 13.2. The van der Waals surface area contributed by atoms with E-state index in [4.69, 9.17) is 4.74 Å². The van der Waals surface area contributed by atoms with Crippen molar-refractivity contribution in [3.8, 4) is 0 Å². The highest BCUT2D eigenvalue weighted by Crippen LogP contribution is 2.36. The number of rotatable bonds is 5. The number of aromatic nitrogens is 2. The summed E-state index contributed by atoms with van der Waals surface area (Å²) in [6, 6.07) is 9.83. The summed E-state index contributed by atoms with van der Waals surface area (Å²) in [4.78, 5) is 30.9. The molecule has 0 unspecified atom stereocenters. The Hall–Kier alpha value is -3.44. The van der Waals surface area contributed by atoms with Crippen LogP contribution < -0.4 is 5.32 Å². The number of carbonyl (C=O) groups excluding carboxylic acids is 2. The van der Waals surface area contributed by atoms with Crippen LogP contribution in [0.3, 0.4) is 0 Å². The first-order valence-electron chi connectivity index (χ1n) is 11.8. The van der Waals surface area contributed by atoms with Crippen molar-refractivity contribution in [3.05, 3.63) is 66.1 Å². The Morgan fingerprint density at radius 1 is 1.08 bits per heavy atom. The minimum absolute atomic E-state index is 0.114. The van der Waals surface area contributed by atoms with Gasteiger partial charge in [-0.25, -0.2) is 18.2 Å². The highest BCUT2D eigenvalue weighted by Gasteiger charge is 2.51. The van der Waals surface area contributed by atoms with Crippen molar-refractivity contribution < 1.29 is 22.7 Å². The zero-order valence-corrected chi connectivity index (χ0v) is 21.2. The molecule has 190 valence electrons. The fraction of sp³-hybridized carbons (Fsp3) is 0.400. The van der Waals surface area contributed by atoms with Crippen LogP contribution in [-0.2, 0) is 21.3 Å². The number of benzene rings is 1. The van der Waals surface area contributed by atoms with Crippen molar-refractivity contribution in [1.82, 2.24) is 23.9 Å². The number of sulfonamides is 1. The van der Waals surface area contributed by atoms with Crippen LogP contribution in [0.25, 0.3) is 5.65 Å². The molecule has 1 aromatic carbocycles. The predicted octanol–water partition coefficient (Wildman–Crippen LogP) is 2.50. The van der Waals surface area contributed by atoms with Gasteiger partial charge in [0.05, 0.1) is 16.5 Å². The number of carbonyl (C=O) groups is 2. The van der Waals surface area contributed by atoms with E-state index in [-0.39, 0.29) is 35.9 Å². The summed E-state index contributed by atoms with van der Waals surface area (Å²) in [6.45, 7) is 6.82. The number of hydrogen-bond acceptors (Lipinski definition) is 6. The molecule has 11 heteroatoms. The standard InChI is InChI=1S/C25H29N5O5S/c1-25(2,3)35-24(32)30-15-19-14-29(16-21(19)30)36(33,34)20-7-4-17(5-8-20)12-27-23(31)18-6-9-22-26-10-11-28(22)13-18/h4-11,13,19,21H,12,14-16H2,1-3H3,(H,27,31)/t19-,21-/m0/s1. The Labute approximate surface area is 209 Å². The average molecular weight is 512 g/mol. The normalized spacial score (nSPS) is 20.1. The predicted molar refractivity (Wildman–Crippen MR) is 132 cm³/mol. The zero-order chi connectivity index (χ0) is 25.7. The molecule has 10 nitrogen and oxygen atoms in total. The number of imidazole rings is 1. The highest BCUT2D eigenvalue weighted by molar-refractivity contribution is 7.89. The summed E-state index contributed by atoms with van der Waals surface area (Å²) in [5.41, 5.74) is 1.45. The molecule has 2 saturated heterocycles. The first kappa shape index (κ1) is 24.3. The van der Waals surface area contributed by atoms with Crippen molar-refractivity contribution >= 4 is 27.7 Å². The summed E-state index contributed by atoms with van der Waals surface area (Å²) >= 11 is 0. The SMILES string of the molecule is CC(C)(C)OC(=O)N1C[C@@H]2CN(S(=O)(=O)c3ccc(CNC(=O)c4ccc5nccn5c4)cc3)C[C@@H]21. The van der Waals surface area contributed by atoms with E-state index in [1.165, 1.54) is 4.31 Å². The molecule has 0 saturated carbocycles. The van der Waals surface area contributed by atoms with Crippen molar-refractivity contribution in [2.75, 3.05) is 19.6 Å². The Balaban J connectivity index is 1.19. The fourth-order valence-electron chi connectivity index (χ4n) is 4.59. The van der Waals surface area contributed by atoms with E-state index in [9.17, 15) is 18.0 Å². The third-order valence-electron chi connectivity index (χ3n) is 6.50. The van der Waals surface area contributed by atoms with Gasteiger partial charge < -0.3 is 19.4 Å². The summed E-state index contributed by atoms with van der Waals surface area (Å²) in [7, 11) is -3.70. The van der Waals surface area contributed by atoms with E-state index in [0.29, 0.717) is 18.7 Å². The van der Waals surface area contributed by atoms with Crippen LogP contribution in [0.5, 0.6) is 0 Å². The molecule has 0 aliphatic carbocycles. The van der Waals surface area contributed by atoms with Crippen LogP contribution in [0.1, 0.15) is 36.7 Å². The lowest BCUT2D eigenvalue weighted by molar-refractivity contribution is -0.0164. The van der Waals surface area contributed by atoms with Gasteiger partial charge in [0.15, 0.2) is 0 Å². The Kier molecular flexibility index (Phi) is 6.00. The number of likely N-dealkylation sites (tertiary alicyclic amines) is 1. The second kappa shape index (κ2) is 8.90. The number of pyridine rings is 1. The topological polar surface area (TPSA) is 113 Å². The molecule has 2 amide bonds. The largest absolute Gasteiger partial charge is 0.444 e. The number of nitrogens with zero attached hydrogens (tertiary/aromatic N) is 4. The molecule has 36 heavy (non-hydrogen) atoms. The van der Waals surface area contributed by atoms with E-state index in [1.54, 1.807) is 64.3 Å². The van der Waals surface area contributed by atoms with Crippen LogP contribution in [0.2, 0.25) is 0 Å². The third-order valence-corrected chi connectivity index (χ3v) is 8.34. The number of amides is 2. The highest BCUT2D eigenvalue weighted by atomic mass is 32.2. The van der Waals surface area contributed by atoms with Crippen LogP contribution in [0.4, 0.5) is 4.79 Å². The Bertz CT molecular complexity index is 1410. The van der Waals surface area contributed by atoms with Crippen LogP contribution in [0, 0.1) is 5.92 Å². The van der Waals surface area contributed by atoms with Gasteiger partial charge in [-0.3, -0.25) is 4.79 Å². The van der Waals surface area contributed by atoms with Gasteiger partial charge in [0.1, 0.15) is 11.2 Å². The Morgan fingerprint density at radius 2 is 1.83 bits per heavy atom. The zero-order valence-electron chi connectivity index (χ0n) is 20.4. The molecule has 2 atom stereocenters. The van der Waals surface area contributed by atoms with Gasteiger partial charge in [-0.05, 0) is 50.6 Å². The van der Waals surface area contributed by atoms with Crippen molar-refractivity contribution in [1.29, 1.82) is 0 Å². The van der Waals surface area contributed by atoms with Gasteiger partial charge >= 0.3 is 6.09 Å². The lowest BCUT2D eigenvalue weighted by Gasteiger charge is -2.43. The number of fused-ring (bicyclic) bond motifs is 2. The molecule has 2 fully saturated rings. The van der Waals surface area contributed by atoms with Gasteiger partial charge in [0, 0.05) is 50.7 Å². The van der Waals surface area contributed by atoms with Gasteiger partial charge in [0.25, 0.3) is 5.91 Å². The molecule has 2 aliphatic rings. The number of ether oxygens (including phenoxy) is 1. The molecule has 2 aromatic heterocycles. The van der Waals surface area contributed by atoms with E-state index in [1.807, 2.05) is 20.8 Å². The molecule has 5 rings (SSSR count). The maximum Gasteiger partial charge on any atom is 0.410 e. The number of nitrogens with one attached hydrogen (secondary N) is 1. The smallest absolute Gasteiger partial charge is 0.410 e. The van der Waals surface area contributed by atoms with E-state index >= 15 is 0 Å². The first-order chi connectivity index (χ1) is 17.0. The molecule has 2 aliphatic heterocycles. The molecule has 1 N–H and O–H groups in total. The fourth-order valence-corrected chi connectivity index (χ4v) is 6.11. The second-order valence-electron chi connectivity index (χ2n) is 10.2. The third kappa shape index (κ3) is 4.68. The number of hydrogen-bond donors (Lipinski definition) is 1. The quantitative estimate of drug-likeness (QED) is 0.563. The Morgan fingerprint density at radius 3 is 2.56 bits per heavy atom. The molecule has 0 spiro atoms. The molecular weight excluding hydrogens is 482 g/mol. The maximum atomic E-state index is 13.2. The lowest BCUT2D eigenvalue weighted by Crippen LogP contribution is -2.59. The average Bonchev–Trinajstić information content (AvgIpc) is 3.41. The van der Waals surface area contributed by atoms with E-state index < -0.39 is 21.7 Å².